The summed E-state index contributed by atoms with van der Waals surface area (Å²) in [5, 5.41) is 9.01. The maximum atomic E-state index is 11.0. The molecular weight excluding hydrogens is 186 g/mol. The fourth-order valence-electron chi connectivity index (χ4n) is 1.66. The Morgan fingerprint density at radius 2 is 2.14 bits per heavy atom. The standard InChI is InChI=1S/C9H15NO4/c1-9(2,3)10(8(12)13)6-4-7(11)14-5-6/h6H,4-5H2,1-3H3,(H,12,13)/t6-/m0/s1. The van der Waals surface area contributed by atoms with Gasteiger partial charge in [-0.15, -0.1) is 0 Å². The van der Waals surface area contributed by atoms with Crippen molar-refractivity contribution in [2.45, 2.75) is 38.8 Å². The second-order valence-corrected chi connectivity index (χ2v) is 4.36. The zero-order valence-corrected chi connectivity index (χ0v) is 8.61. The van der Waals surface area contributed by atoms with E-state index in [-0.39, 0.29) is 25.0 Å². The molecule has 1 saturated heterocycles. The van der Waals surface area contributed by atoms with E-state index in [0.717, 1.165) is 0 Å². The minimum Gasteiger partial charge on any atom is -0.465 e. The molecule has 0 aromatic rings. The Bertz CT molecular complexity index is 256. The monoisotopic (exact) mass is 201 g/mol. The molecule has 5 heteroatoms. The summed E-state index contributed by atoms with van der Waals surface area (Å²) >= 11 is 0. The Hall–Kier alpha value is -1.26. The molecule has 0 aromatic carbocycles. The van der Waals surface area contributed by atoms with Crippen LogP contribution < -0.4 is 0 Å². The number of carbonyl (C=O) groups is 2. The van der Waals surface area contributed by atoms with Gasteiger partial charge in [0.25, 0.3) is 0 Å². The first-order valence-corrected chi connectivity index (χ1v) is 4.50. The van der Waals surface area contributed by atoms with Gasteiger partial charge in [0.1, 0.15) is 6.61 Å². The molecule has 1 N–H and O–H groups in total. The van der Waals surface area contributed by atoms with Crippen molar-refractivity contribution in [2.75, 3.05) is 6.61 Å². The predicted octanol–water partition coefficient (Wildman–Crippen LogP) is 1.08. The summed E-state index contributed by atoms with van der Waals surface area (Å²) < 4.78 is 4.75. The van der Waals surface area contributed by atoms with Crippen molar-refractivity contribution >= 4 is 12.1 Å². The molecule has 1 atom stereocenters. The zero-order valence-electron chi connectivity index (χ0n) is 8.61. The first-order valence-electron chi connectivity index (χ1n) is 4.50. The molecule has 0 aliphatic carbocycles. The third kappa shape index (κ3) is 2.16. The molecule has 0 radical (unpaired) electrons. The SMILES string of the molecule is CC(C)(C)N(C(=O)O)[C@@H]1COC(=O)C1. The van der Waals surface area contributed by atoms with Gasteiger partial charge < -0.3 is 9.84 Å². The van der Waals surface area contributed by atoms with Crippen molar-refractivity contribution in [3.63, 3.8) is 0 Å². The van der Waals surface area contributed by atoms with E-state index < -0.39 is 11.6 Å². The summed E-state index contributed by atoms with van der Waals surface area (Å²) in [4.78, 5) is 23.1. The van der Waals surface area contributed by atoms with E-state index in [0.29, 0.717) is 0 Å². The molecule has 5 nitrogen and oxygen atoms in total. The molecule has 1 aliphatic rings. The molecule has 1 rings (SSSR count). The number of amides is 1. The number of esters is 1. The van der Waals surface area contributed by atoms with E-state index in [9.17, 15) is 9.59 Å². The third-order valence-corrected chi connectivity index (χ3v) is 2.13. The Labute approximate surface area is 82.6 Å². The molecular formula is C9H15NO4. The van der Waals surface area contributed by atoms with Crippen LogP contribution in [0.4, 0.5) is 4.79 Å². The first-order chi connectivity index (χ1) is 6.32. The van der Waals surface area contributed by atoms with Gasteiger partial charge in [0, 0.05) is 5.54 Å². The van der Waals surface area contributed by atoms with Crippen LogP contribution in [0.2, 0.25) is 0 Å². The molecule has 0 unspecified atom stereocenters. The van der Waals surface area contributed by atoms with Gasteiger partial charge in [-0.3, -0.25) is 9.69 Å². The van der Waals surface area contributed by atoms with Crippen LogP contribution in [-0.4, -0.2) is 40.3 Å². The van der Waals surface area contributed by atoms with Gasteiger partial charge in [-0.25, -0.2) is 4.79 Å². The summed E-state index contributed by atoms with van der Waals surface area (Å²) in [5.74, 6) is -0.328. The highest BCUT2D eigenvalue weighted by atomic mass is 16.5. The van der Waals surface area contributed by atoms with Crippen LogP contribution in [0.25, 0.3) is 0 Å². The number of hydrogen-bond donors (Lipinski definition) is 1. The van der Waals surface area contributed by atoms with Crippen LogP contribution in [0.5, 0.6) is 0 Å². The molecule has 0 saturated carbocycles. The van der Waals surface area contributed by atoms with Gasteiger partial charge in [0.2, 0.25) is 0 Å². The Morgan fingerprint density at radius 3 is 2.43 bits per heavy atom. The van der Waals surface area contributed by atoms with Crippen LogP contribution in [0.15, 0.2) is 0 Å². The van der Waals surface area contributed by atoms with Crippen molar-refractivity contribution in [1.29, 1.82) is 0 Å². The van der Waals surface area contributed by atoms with E-state index >= 15 is 0 Å². The van der Waals surface area contributed by atoms with E-state index in [1.165, 1.54) is 4.90 Å². The highest BCUT2D eigenvalue weighted by Gasteiger charge is 2.38. The lowest BCUT2D eigenvalue weighted by Crippen LogP contribution is -2.51. The number of ether oxygens (including phenoxy) is 1. The van der Waals surface area contributed by atoms with E-state index in [4.69, 9.17) is 9.84 Å². The molecule has 0 spiro atoms. The Morgan fingerprint density at radius 1 is 1.57 bits per heavy atom. The average Bonchev–Trinajstić information content (AvgIpc) is 2.31. The van der Waals surface area contributed by atoms with Crippen molar-refractivity contribution in [2.24, 2.45) is 0 Å². The van der Waals surface area contributed by atoms with E-state index in [1.807, 2.05) is 0 Å². The highest BCUT2D eigenvalue weighted by Crippen LogP contribution is 2.23. The van der Waals surface area contributed by atoms with Crippen LogP contribution in [0.1, 0.15) is 27.2 Å². The van der Waals surface area contributed by atoms with Crippen molar-refractivity contribution in [3.05, 3.63) is 0 Å². The second kappa shape index (κ2) is 3.48. The van der Waals surface area contributed by atoms with Crippen LogP contribution in [0.3, 0.4) is 0 Å². The lowest BCUT2D eigenvalue weighted by molar-refractivity contribution is -0.137. The van der Waals surface area contributed by atoms with Gasteiger partial charge in [-0.05, 0) is 20.8 Å². The number of nitrogens with zero attached hydrogens (tertiary/aromatic N) is 1. The number of carboxylic acid groups (broad SMARTS) is 1. The highest BCUT2D eigenvalue weighted by molar-refractivity contribution is 5.74. The summed E-state index contributed by atoms with van der Waals surface area (Å²) in [7, 11) is 0. The van der Waals surface area contributed by atoms with Gasteiger partial charge >= 0.3 is 12.1 Å². The Balaban J connectivity index is 2.79. The summed E-state index contributed by atoms with van der Waals surface area (Å²) in [6.07, 6.45) is -0.857. The van der Waals surface area contributed by atoms with Gasteiger partial charge in [0.15, 0.2) is 0 Å². The lowest BCUT2D eigenvalue weighted by Gasteiger charge is -2.36. The van der Waals surface area contributed by atoms with E-state index in [2.05, 4.69) is 0 Å². The van der Waals surface area contributed by atoms with Gasteiger partial charge in [-0.1, -0.05) is 0 Å². The molecule has 1 aliphatic heterocycles. The normalized spacial score (nSPS) is 21.9. The molecule has 0 bridgehead atoms. The number of hydrogen-bond acceptors (Lipinski definition) is 3. The molecule has 0 aromatic heterocycles. The average molecular weight is 201 g/mol. The predicted molar refractivity (Wildman–Crippen MR) is 49.0 cm³/mol. The zero-order chi connectivity index (χ0) is 10.9. The molecule has 1 amide bonds. The van der Waals surface area contributed by atoms with Crippen molar-refractivity contribution in [1.82, 2.24) is 4.90 Å². The van der Waals surface area contributed by atoms with Crippen LogP contribution in [-0.2, 0) is 9.53 Å². The summed E-state index contributed by atoms with van der Waals surface area (Å²) in [5.41, 5.74) is -0.509. The lowest BCUT2D eigenvalue weighted by atomic mass is 10.0. The maximum absolute atomic E-state index is 11.0. The Kier molecular flexibility index (Phi) is 2.69. The molecule has 14 heavy (non-hydrogen) atoms. The largest absolute Gasteiger partial charge is 0.465 e. The van der Waals surface area contributed by atoms with Crippen molar-refractivity contribution in [3.8, 4) is 0 Å². The second-order valence-electron chi connectivity index (χ2n) is 4.36. The van der Waals surface area contributed by atoms with Gasteiger partial charge in [-0.2, -0.15) is 0 Å². The number of carbonyl (C=O) groups excluding carboxylic acids is 1. The molecule has 1 heterocycles. The third-order valence-electron chi connectivity index (χ3n) is 2.13. The van der Waals surface area contributed by atoms with Crippen molar-refractivity contribution < 1.29 is 19.4 Å². The fraction of sp³-hybridized carbons (Fsp3) is 0.778. The molecule has 80 valence electrons. The molecule has 1 fully saturated rings. The first kappa shape index (κ1) is 10.8. The fourth-order valence-corrected chi connectivity index (χ4v) is 1.66. The number of cyclic esters (lactones) is 1. The minimum atomic E-state index is -1.01. The quantitative estimate of drug-likeness (QED) is 0.644. The summed E-state index contributed by atoms with van der Waals surface area (Å²) in [6, 6.07) is -0.347. The minimum absolute atomic E-state index is 0.156. The van der Waals surface area contributed by atoms with Gasteiger partial charge in [0.05, 0.1) is 12.5 Å². The number of rotatable bonds is 1. The van der Waals surface area contributed by atoms with E-state index in [1.54, 1.807) is 20.8 Å². The van der Waals surface area contributed by atoms with Crippen LogP contribution in [0, 0.1) is 0 Å². The van der Waals surface area contributed by atoms with Crippen LogP contribution >= 0.6 is 0 Å². The maximum Gasteiger partial charge on any atom is 0.408 e. The smallest absolute Gasteiger partial charge is 0.408 e. The topological polar surface area (TPSA) is 66.8 Å². The summed E-state index contributed by atoms with van der Waals surface area (Å²) in [6.45, 7) is 5.56.